The third-order valence-corrected chi connectivity index (χ3v) is 6.09. The van der Waals surface area contributed by atoms with Crippen molar-refractivity contribution in [1.29, 1.82) is 0 Å². The van der Waals surface area contributed by atoms with Crippen LogP contribution in [0.15, 0.2) is 35.3 Å². The van der Waals surface area contributed by atoms with Gasteiger partial charge in [-0.25, -0.2) is 8.42 Å². The predicted octanol–water partition coefficient (Wildman–Crippen LogP) is 2.80. The summed E-state index contributed by atoms with van der Waals surface area (Å²) in [5.41, 5.74) is -5.25. The highest BCUT2D eigenvalue weighted by atomic mass is 127. The number of aliphatic imine (C=N–C) groups is 1. The molecule has 2 N–H and O–H groups in total. The van der Waals surface area contributed by atoms with E-state index in [1.165, 1.54) is 0 Å². The summed E-state index contributed by atoms with van der Waals surface area (Å²) in [5, 5.41) is 6.24. The lowest BCUT2D eigenvalue weighted by molar-refractivity contribution is -0.0496. The number of halogens is 4. The average molecular weight is 564 g/mol. The Kier molecular flexibility index (Phi) is 11.2. The molecule has 0 amide bonds. The van der Waals surface area contributed by atoms with Gasteiger partial charge in [0.1, 0.15) is 12.4 Å². The molecular formula is C18H28F3IN4O3S. The van der Waals surface area contributed by atoms with Crippen molar-refractivity contribution in [1.82, 2.24) is 14.9 Å². The maximum absolute atomic E-state index is 12.6. The van der Waals surface area contributed by atoms with Gasteiger partial charge in [-0.15, -0.1) is 24.0 Å². The van der Waals surface area contributed by atoms with Gasteiger partial charge in [0.25, 0.3) is 0 Å². The zero-order valence-corrected chi connectivity index (χ0v) is 19.8. The van der Waals surface area contributed by atoms with Gasteiger partial charge in [0, 0.05) is 26.2 Å². The zero-order valence-electron chi connectivity index (χ0n) is 16.7. The van der Waals surface area contributed by atoms with Gasteiger partial charge in [-0.2, -0.15) is 17.5 Å². The number of piperidine rings is 1. The van der Waals surface area contributed by atoms with E-state index in [4.69, 9.17) is 4.74 Å². The van der Waals surface area contributed by atoms with Crippen molar-refractivity contribution in [2.24, 2.45) is 10.9 Å². The maximum atomic E-state index is 12.6. The van der Waals surface area contributed by atoms with Crippen LogP contribution >= 0.6 is 24.0 Å². The van der Waals surface area contributed by atoms with Gasteiger partial charge in [-0.1, -0.05) is 18.2 Å². The maximum Gasteiger partial charge on any atom is 0.511 e. The van der Waals surface area contributed by atoms with Crippen molar-refractivity contribution < 1.29 is 26.3 Å². The largest absolute Gasteiger partial charge is 0.511 e. The highest BCUT2D eigenvalue weighted by Crippen LogP contribution is 2.30. The summed E-state index contributed by atoms with van der Waals surface area (Å²) in [6.45, 7) is 3.69. The Morgan fingerprint density at radius 1 is 1.20 bits per heavy atom. The van der Waals surface area contributed by atoms with Crippen molar-refractivity contribution in [3.05, 3.63) is 30.3 Å². The van der Waals surface area contributed by atoms with Crippen molar-refractivity contribution in [3.8, 4) is 5.75 Å². The van der Waals surface area contributed by atoms with Crippen LogP contribution in [0.2, 0.25) is 0 Å². The summed E-state index contributed by atoms with van der Waals surface area (Å²) in [7, 11) is -5.24. The molecule has 1 aromatic carbocycles. The van der Waals surface area contributed by atoms with Crippen LogP contribution in [0.5, 0.6) is 5.75 Å². The van der Waals surface area contributed by atoms with Gasteiger partial charge in [0.05, 0.1) is 6.54 Å². The van der Waals surface area contributed by atoms with Crippen LogP contribution in [0.4, 0.5) is 13.2 Å². The molecule has 0 bridgehead atoms. The number of rotatable bonds is 8. The first kappa shape index (κ1) is 26.8. The number of guanidine groups is 1. The molecule has 30 heavy (non-hydrogen) atoms. The van der Waals surface area contributed by atoms with E-state index in [-0.39, 0.29) is 43.0 Å². The smallest absolute Gasteiger partial charge is 0.492 e. The summed E-state index contributed by atoms with van der Waals surface area (Å²) in [4.78, 5) is 4.47. The summed E-state index contributed by atoms with van der Waals surface area (Å²) in [6.07, 6.45) is 0.685. The normalized spacial score (nSPS) is 16.6. The molecule has 0 atom stereocenters. The van der Waals surface area contributed by atoms with Crippen LogP contribution in [-0.4, -0.2) is 63.5 Å². The number of benzene rings is 1. The molecule has 0 saturated carbocycles. The second-order valence-electron chi connectivity index (χ2n) is 6.60. The highest BCUT2D eigenvalue weighted by molar-refractivity contribution is 14.0. The summed E-state index contributed by atoms with van der Waals surface area (Å²) in [6, 6.07) is 9.42. The first-order valence-electron chi connectivity index (χ1n) is 9.50. The summed E-state index contributed by atoms with van der Waals surface area (Å²) in [5.74, 6) is 1.40. The molecule has 1 aliphatic rings. The van der Waals surface area contributed by atoms with Crippen LogP contribution in [0.1, 0.15) is 19.8 Å². The van der Waals surface area contributed by atoms with E-state index in [2.05, 4.69) is 15.6 Å². The van der Waals surface area contributed by atoms with E-state index in [0.717, 1.165) is 5.75 Å². The zero-order chi connectivity index (χ0) is 21.3. The minimum absolute atomic E-state index is 0. The van der Waals surface area contributed by atoms with Gasteiger partial charge in [-0.3, -0.25) is 4.99 Å². The van der Waals surface area contributed by atoms with E-state index in [1.807, 2.05) is 37.3 Å². The lowest BCUT2D eigenvalue weighted by Crippen LogP contribution is -2.45. The standard InChI is InChI=1S/C18H27F3N4O3S.HI/c1-2-22-17(23-10-13-28-16-6-4-3-5-7-16)24-14-15-8-11-25(12-9-15)29(26,27)18(19,20)21;/h3-7,15H,2,8-14H2,1H3,(H2,22,23,24);1H. The molecule has 1 saturated heterocycles. The number of hydrogen-bond acceptors (Lipinski definition) is 4. The van der Waals surface area contributed by atoms with E-state index in [1.54, 1.807) is 0 Å². The van der Waals surface area contributed by atoms with Crippen LogP contribution < -0.4 is 15.4 Å². The van der Waals surface area contributed by atoms with Crippen molar-refractivity contribution in [3.63, 3.8) is 0 Å². The Morgan fingerprint density at radius 2 is 1.83 bits per heavy atom. The fraction of sp³-hybridized carbons (Fsp3) is 0.611. The monoisotopic (exact) mass is 564 g/mol. The Balaban J connectivity index is 0.00000450. The number of nitrogens with zero attached hydrogens (tertiary/aromatic N) is 2. The Hall–Kier alpha value is -1.28. The van der Waals surface area contributed by atoms with Gasteiger partial charge in [-0.05, 0) is 37.8 Å². The second-order valence-corrected chi connectivity index (χ2v) is 8.53. The average Bonchev–Trinajstić information content (AvgIpc) is 2.69. The molecule has 1 aliphatic heterocycles. The van der Waals surface area contributed by atoms with Crippen LogP contribution in [-0.2, 0) is 10.0 Å². The molecule has 1 fully saturated rings. The molecule has 0 aliphatic carbocycles. The highest BCUT2D eigenvalue weighted by Gasteiger charge is 2.50. The van der Waals surface area contributed by atoms with Crippen molar-refractivity contribution in [2.45, 2.75) is 25.3 Å². The van der Waals surface area contributed by atoms with E-state index in [9.17, 15) is 21.6 Å². The molecular weight excluding hydrogens is 536 g/mol. The fourth-order valence-electron chi connectivity index (χ4n) is 2.90. The third kappa shape index (κ3) is 8.10. The van der Waals surface area contributed by atoms with Crippen molar-refractivity contribution in [2.75, 3.05) is 39.3 Å². The number of alkyl halides is 3. The number of hydrogen-bond donors (Lipinski definition) is 2. The van der Waals surface area contributed by atoms with Gasteiger partial charge < -0.3 is 15.4 Å². The Labute approximate surface area is 192 Å². The molecule has 0 spiro atoms. The Bertz CT molecular complexity index is 756. The van der Waals surface area contributed by atoms with Crippen molar-refractivity contribution >= 4 is 40.0 Å². The lowest BCUT2D eigenvalue weighted by Gasteiger charge is -2.30. The third-order valence-electron chi connectivity index (χ3n) is 4.46. The number of ether oxygens (including phenoxy) is 1. The van der Waals surface area contributed by atoms with Gasteiger partial charge >= 0.3 is 15.5 Å². The molecule has 0 radical (unpaired) electrons. The first-order valence-corrected chi connectivity index (χ1v) is 10.9. The van der Waals surface area contributed by atoms with Gasteiger partial charge in [0.2, 0.25) is 0 Å². The number of nitrogens with one attached hydrogen (secondary N) is 2. The molecule has 1 aromatic rings. The van der Waals surface area contributed by atoms with E-state index >= 15 is 0 Å². The summed E-state index contributed by atoms with van der Waals surface area (Å²) < 4.78 is 66.9. The molecule has 1 heterocycles. The lowest BCUT2D eigenvalue weighted by atomic mass is 9.98. The molecule has 0 unspecified atom stereocenters. The van der Waals surface area contributed by atoms with Crippen LogP contribution in [0, 0.1) is 5.92 Å². The first-order chi connectivity index (χ1) is 13.7. The van der Waals surface area contributed by atoms with Crippen LogP contribution in [0.25, 0.3) is 0 Å². The minimum atomic E-state index is -5.25. The summed E-state index contributed by atoms with van der Waals surface area (Å²) >= 11 is 0. The number of sulfonamides is 1. The molecule has 2 rings (SSSR count). The SMILES string of the molecule is CCNC(=NCC1CCN(S(=O)(=O)C(F)(F)F)CC1)NCCOc1ccccc1.I. The molecule has 0 aromatic heterocycles. The topological polar surface area (TPSA) is 83.0 Å². The predicted molar refractivity (Wildman–Crippen MR) is 121 cm³/mol. The number of para-hydroxylation sites is 1. The second kappa shape index (κ2) is 12.5. The van der Waals surface area contributed by atoms with E-state index < -0.39 is 15.5 Å². The van der Waals surface area contributed by atoms with E-state index in [0.29, 0.717) is 49.3 Å². The molecule has 172 valence electrons. The quantitative estimate of drug-likeness (QED) is 0.220. The molecule has 7 nitrogen and oxygen atoms in total. The Morgan fingerprint density at radius 3 is 2.40 bits per heavy atom. The van der Waals surface area contributed by atoms with Gasteiger partial charge in [0.15, 0.2) is 5.96 Å². The molecule has 12 heteroatoms. The fourth-order valence-corrected chi connectivity index (χ4v) is 3.88. The van der Waals surface area contributed by atoms with Crippen LogP contribution in [0.3, 0.4) is 0 Å². The minimum Gasteiger partial charge on any atom is -0.492 e.